The summed E-state index contributed by atoms with van der Waals surface area (Å²) >= 11 is 5.77. The Hall–Kier alpha value is -1.82. The molecule has 0 radical (unpaired) electrons. The van der Waals surface area contributed by atoms with Crippen LogP contribution >= 0.6 is 11.6 Å². The Kier molecular flexibility index (Phi) is 5.01. The molecule has 2 N–H and O–H groups in total. The molecule has 1 aromatic rings. The molecule has 6 nitrogen and oxygen atoms in total. The number of rotatable bonds is 4. The quantitative estimate of drug-likeness (QED) is 0.891. The van der Waals surface area contributed by atoms with Gasteiger partial charge in [0, 0.05) is 19.3 Å². The van der Waals surface area contributed by atoms with E-state index in [1.807, 2.05) is 4.90 Å². The molecule has 1 saturated heterocycles. The lowest BCUT2D eigenvalue weighted by atomic mass is 10.1. The molecule has 1 aliphatic rings. The second-order valence-corrected chi connectivity index (χ2v) is 5.51. The molecule has 1 fully saturated rings. The highest BCUT2D eigenvalue weighted by molar-refractivity contribution is 6.33. The van der Waals surface area contributed by atoms with Crippen molar-refractivity contribution in [3.8, 4) is 0 Å². The Labute approximate surface area is 128 Å². The number of piperidine rings is 1. The first kappa shape index (κ1) is 15.6. The van der Waals surface area contributed by atoms with Crippen LogP contribution in [0.25, 0.3) is 0 Å². The van der Waals surface area contributed by atoms with E-state index in [0.29, 0.717) is 5.82 Å². The van der Waals surface area contributed by atoms with Crippen LogP contribution < -0.4 is 5.32 Å². The van der Waals surface area contributed by atoms with Crippen LogP contribution in [0.1, 0.15) is 36.5 Å². The van der Waals surface area contributed by atoms with Gasteiger partial charge >= 0.3 is 5.97 Å². The standard InChI is InChI=1S/C14H18ClN3O3/c1-9(13(19)18-5-3-2-4-6-18)17-12-7-10(14(20)21)11(15)8-16-12/h7-9H,2-6H2,1H3,(H,16,17)(H,20,21). The van der Waals surface area contributed by atoms with Crippen molar-refractivity contribution in [1.29, 1.82) is 0 Å². The highest BCUT2D eigenvalue weighted by atomic mass is 35.5. The van der Waals surface area contributed by atoms with E-state index in [4.69, 9.17) is 16.7 Å². The van der Waals surface area contributed by atoms with Crippen molar-refractivity contribution < 1.29 is 14.7 Å². The van der Waals surface area contributed by atoms with Gasteiger partial charge in [0.05, 0.1) is 10.6 Å². The van der Waals surface area contributed by atoms with E-state index in [1.54, 1.807) is 6.92 Å². The third-order valence-electron chi connectivity index (χ3n) is 3.49. The van der Waals surface area contributed by atoms with Gasteiger partial charge in [-0.25, -0.2) is 9.78 Å². The number of hydrogen-bond donors (Lipinski definition) is 2. The highest BCUT2D eigenvalue weighted by Gasteiger charge is 2.22. The lowest BCUT2D eigenvalue weighted by Crippen LogP contribution is -2.44. The maximum absolute atomic E-state index is 12.3. The van der Waals surface area contributed by atoms with E-state index in [9.17, 15) is 9.59 Å². The molecule has 0 aliphatic carbocycles. The minimum Gasteiger partial charge on any atom is -0.478 e. The number of anilines is 1. The number of carbonyl (C=O) groups excluding carboxylic acids is 1. The number of carbonyl (C=O) groups is 2. The van der Waals surface area contributed by atoms with E-state index >= 15 is 0 Å². The molecule has 0 aromatic carbocycles. The zero-order valence-electron chi connectivity index (χ0n) is 11.8. The largest absolute Gasteiger partial charge is 0.478 e. The van der Waals surface area contributed by atoms with Gasteiger partial charge in [0.25, 0.3) is 0 Å². The average molecular weight is 312 g/mol. The number of aromatic nitrogens is 1. The van der Waals surface area contributed by atoms with Gasteiger partial charge in [0.15, 0.2) is 0 Å². The van der Waals surface area contributed by atoms with Gasteiger partial charge in [-0.15, -0.1) is 0 Å². The van der Waals surface area contributed by atoms with Gasteiger partial charge < -0.3 is 15.3 Å². The molecule has 114 valence electrons. The zero-order chi connectivity index (χ0) is 15.4. The van der Waals surface area contributed by atoms with E-state index in [1.165, 1.54) is 12.3 Å². The highest BCUT2D eigenvalue weighted by Crippen LogP contribution is 2.19. The normalized spacial score (nSPS) is 16.4. The van der Waals surface area contributed by atoms with Gasteiger partial charge in [0.1, 0.15) is 11.9 Å². The molecule has 2 heterocycles. The second-order valence-electron chi connectivity index (χ2n) is 5.11. The van der Waals surface area contributed by atoms with Crippen molar-refractivity contribution in [3.63, 3.8) is 0 Å². The predicted molar refractivity (Wildman–Crippen MR) is 79.7 cm³/mol. The average Bonchev–Trinajstić information content (AvgIpc) is 2.49. The number of likely N-dealkylation sites (tertiary alicyclic amines) is 1. The summed E-state index contributed by atoms with van der Waals surface area (Å²) in [5, 5.41) is 12.0. The number of carboxylic acid groups (broad SMARTS) is 1. The Morgan fingerprint density at radius 2 is 2.05 bits per heavy atom. The van der Waals surface area contributed by atoms with Crippen molar-refractivity contribution in [1.82, 2.24) is 9.88 Å². The van der Waals surface area contributed by atoms with Crippen LogP contribution in [0.5, 0.6) is 0 Å². The summed E-state index contributed by atoms with van der Waals surface area (Å²) in [6, 6.07) is 0.878. The smallest absolute Gasteiger partial charge is 0.337 e. The summed E-state index contributed by atoms with van der Waals surface area (Å²) in [6.45, 7) is 3.30. The Bertz CT molecular complexity index is 544. The first-order valence-electron chi connectivity index (χ1n) is 6.93. The van der Waals surface area contributed by atoms with Gasteiger partial charge in [-0.3, -0.25) is 4.79 Å². The van der Waals surface area contributed by atoms with Crippen molar-refractivity contribution in [2.45, 2.75) is 32.2 Å². The molecule has 1 atom stereocenters. The molecule has 1 aliphatic heterocycles. The molecule has 7 heteroatoms. The zero-order valence-corrected chi connectivity index (χ0v) is 12.6. The second kappa shape index (κ2) is 6.76. The van der Waals surface area contributed by atoms with E-state index < -0.39 is 12.0 Å². The van der Waals surface area contributed by atoms with Gasteiger partial charge in [-0.05, 0) is 32.3 Å². The Morgan fingerprint density at radius 3 is 2.67 bits per heavy atom. The van der Waals surface area contributed by atoms with Crippen LogP contribution in [-0.4, -0.2) is 46.0 Å². The van der Waals surface area contributed by atoms with E-state index in [2.05, 4.69) is 10.3 Å². The third-order valence-corrected chi connectivity index (χ3v) is 3.79. The van der Waals surface area contributed by atoms with Crippen LogP contribution in [0.2, 0.25) is 5.02 Å². The number of halogens is 1. The lowest BCUT2D eigenvalue weighted by molar-refractivity contribution is -0.132. The third kappa shape index (κ3) is 3.85. The van der Waals surface area contributed by atoms with Crippen molar-refractivity contribution in [3.05, 3.63) is 22.8 Å². The fourth-order valence-electron chi connectivity index (χ4n) is 2.35. The number of amides is 1. The number of carboxylic acids is 1. The minimum absolute atomic E-state index is 0.00308. The Morgan fingerprint density at radius 1 is 1.38 bits per heavy atom. The summed E-state index contributed by atoms with van der Waals surface area (Å²) in [7, 11) is 0. The summed E-state index contributed by atoms with van der Waals surface area (Å²) in [5.74, 6) is -0.793. The van der Waals surface area contributed by atoms with Crippen molar-refractivity contribution >= 4 is 29.3 Å². The molecule has 0 bridgehead atoms. The SMILES string of the molecule is CC(Nc1cc(C(=O)O)c(Cl)cn1)C(=O)N1CCCCC1. The molecule has 1 unspecified atom stereocenters. The van der Waals surface area contributed by atoms with Crippen molar-refractivity contribution in [2.75, 3.05) is 18.4 Å². The van der Waals surface area contributed by atoms with Crippen LogP contribution in [-0.2, 0) is 4.79 Å². The van der Waals surface area contributed by atoms with E-state index in [-0.39, 0.29) is 16.5 Å². The van der Waals surface area contributed by atoms with Gasteiger partial charge in [0.2, 0.25) is 5.91 Å². The topological polar surface area (TPSA) is 82.5 Å². The maximum Gasteiger partial charge on any atom is 0.337 e. The summed E-state index contributed by atoms with van der Waals surface area (Å²) < 4.78 is 0. The van der Waals surface area contributed by atoms with Crippen LogP contribution in [0, 0.1) is 0 Å². The number of pyridine rings is 1. The molecular formula is C14H18ClN3O3. The number of nitrogens with zero attached hydrogens (tertiary/aromatic N) is 2. The first-order chi connectivity index (χ1) is 9.99. The molecule has 21 heavy (non-hydrogen) atoms. The lowest BCUT2D eigenvalue weighted by Gasteiger charge is -2.29. The fourth-order valence-corrected chi connectivity index (χ4v) is 2.54. The van der Waals surface area contributed by atoms with Crippen LogP contribution in [0.4, 0.5) is 5.82 Å². The fraction of sp³-hybridized carbons (Fsp3) is 0.500. The van der Waals surface area contributed by atoms with Gasteiger partial charge in [-0.2, -0.15) is 0 Å². The summed E-state index contributed by atoms with van der Waals surface area (Å²) in [5.41, 5.74) is -0.0354. The Balaban J connectivity index is 2.05. The van der Waals surface area contributed by atoms with Crippen LogP contribution in [0.3, 0.4) is 0 Å². The van der Waals surface area contributed by atoms with Crippen molar-refractivity contribution in [2.24, 2.45) is 0 Å². The van der Waals surface area contributed by atoms with Gasteiger partial charge in [-0.1, -0.05) is 11.6 Å². The number of hydrogen-bond acceptors (Lipinski definition) is 4. The summed E-state index contributed by atoms with van der Waals surface area (Å²) in [4.78, 5) is 29.1. The predicted octanol–water partition coefficient (Wildman–Crippen LogP) is 2.25. The molecule has 0 spiro atoms. The minimum atomic E-state index is -1.12. The molecule has 1 amide bonds. The number of aromatic carboxylic acids is 1. The molecule has 2 rings (SSSR count). The first-order valence-corrected chi connectivity index (χ1v) is 7.31. The maximum atomic E-state index is 12.3. The monoisotopic (exact) mass is 311 g/mol. The number of nitrogens with one attached hydrogen (secondary N) is 1. The molecular weight excluding hydrogens is 294 g/mol. The summed E-state index contributed by atoms with van der Waals surface area (Å²) in [6.07, 6.45) is 4.49. The van der Waals surface area contributed by atoms with E-state index in [0.717, 1.165) is 32.4 Å². The molecule has 1 aromatic heterocycles. The molecule has 0 saturated carbocycles. The van der Waals surface area contributed by atoms with Crippen LogP contribution in [0.15, 0.2) is 12.3 Å².